The molecule has 0 unspecified atom stereocenters. The van der Waals surface area contributed by atoms with Crippen LogP contribution in [-0.2, 0) is 11.0 Å². The van der Waals surface area contributed by atoms with Gasteiger partial charge >= 0.3 is 6.18 Å². The summed E-state index contributed by atoms with van der Waals surface area (Å²) in [6.45, 7) is 6.97. The highest BCUT2D eigenvalue weighted by Crippen LogP contribution is 2.31. The predicted molar refractivity (Wildman–Crippen MR) is 92.6 cm³/mol. The number of piperazine rings is 1. The van der Waals surface area contributed by atoms with Gasteiger partial charge in [-0.2, -0.15) is 13.2 Å². The number of rotatable bonds is 6. The van der Waals surface area contributed by atoms with Crippen LogP contribution in [0.1, 0.15) is 32.3 Å². The molecule has 4 nitrogen and oxygen atoms in total. The summed E-state index contributed by atoms with van der Waals surface area (Å²) >= 11 is 0. The highest BCUT2D eigenvalue weighted by molar-refractivity contribution is 5.78. The van der Waals surface area contributed by atoms with Crippen molar-refractivity contribution in [2.75, 3.05) is 37.6 Å². The lowest BCUT2D eigenvalue weighted by Crippen LogP contribution is -2.50. The van der Waals surface area contributed by atoms with E-state index in [1.165, 1.54) is 12.1 Å². The number of nitrogens with one attached hydrogen (secondary N) is 1. The average molecular weight is 357 g/mol. The Hall–Kier alpha value is -1.76. The van der Waals surface area contributed by atoms with Crippen LogP contribution in [0, 0.1) is 0 Å². The van der Waals surface area contributed by atoms with Crippen LogP contribution in [0.5, 0.6) is 0 Å². The zero-order valence-corrected chi connectivity index (χ0v) is 14.8. The van der Waals surface area contributed by atoms with Crippen LogP contribution in [0.25, 0.3) is 0 Å². The van der Waals surface area contributed by atoms with Crippen LogP contribution in [-0.4, -0.2) is 49.6 Å². The van der Waals surface area contributed by atoms with E-state index >= 15 is 0 Å². The Morgan fingerprint density at radius 3 is 2.36 bits per heavy atom. The number of alkyl halides is 3. The summed E-state index contributed by atoms with van der Waals surface area (Å²) in [7, 11) is 0. The number of hydrogen-bond acceptors (Lipinski definition) is 3. The van der Waals surface area contributed by atoms with Crippen molar-refractivity contribution >= 4 is 11.6 Å². The third kappa shape index (κ3) is 5.63. The minimum atomic E-state index is -4.33. The average Bonchev–Trinajstić information content (AvgIpc) is 2.59. The van der Waals surface area contributed by atoms with E-state index in [-0.39, 0.29) is 11.9 Å². The Morgan fingerprint density at radius 1 is 1.16 bits per heavy atom. The summed E-state index contributed by atoms with van der Waals surface area (Å²) in [4.78, 5) is 16.0. The molecule has 0 atom stereocenters. The summed E-state index contributed by atoms with van der Waals surface area (Å²) in [6, 6.07) is 5.62. The molecule has 25 heavy (non-hydrogen) atoms. The maximum absolute atomic E-state index is 12.8. The van der Waals surface area contributed by atoms with Gasteiger partial charge in [0, 0.05) is 37.9 Å². The number of benzene rings is 1. The molecule has 1 N–H and O–H groups in total. The fraction of sp³-hybridized carbons (Fsp3) is 0.611. The molecule has 140 valence electrons. The first-order valence-electron chi connectivity index (χ1n) is 8.77. The molecule has 1 aromatic rings. The van der Waals surface area contributed by atoms with Crippen molar-refractivity contribution < 1.29 is 18.0 Å². The minimum Gasteiger partial charge on any atom is -0.369 e. The SMILES string of the molecule is CCC(CC)NC(=O)CN1CCN(c2cccc(C(F)(F)F)c2)CC1. The standard InChI is InChI=1S/C18H26F3N3O/c1-3-15(4-2)22-17(25)13-23-8-10-24(11-9-23)16-7-5-6-14(12-16)18(19,20)21/h5-7,12,15H,3-4,8-11,13H2,1-2H3,(H,22,25). The Kier molecular flexibility index (Phi) is 6.70. The summed E-state index contributed by atoms with van der Waals surface area (Å²) in [5.41, 5.74) is -0.0482. The minimum absolute atomic E-state index is 0.0150. The fourth-order valence-electron chi connectivity index (χ4n) is 3.01. The maximum Gasteiger partial charge on any atom is 0.416 e. The molecule has 0 radical (unpaired) electrons. The molecule has 0 spiro atoms. The quantitative estimate of drug-likeness (QED) is 0.850. The smallest absolute Gasteiger partial charge is 0.369 e. The van der Waals surface area contributed by atoms with Crippen LogP contribution in [0.2, 0.25) is 0 Å². The number of carbonyl (C=O) groups is 1. The lowest BCUT2D eigenvalue weighted by Gasteiger charge is -2.36. The molecule has 1 heterocycles. The molecule has 1 amide bonds. The van der Waals surface area contributed by atoms with Crippen molar-refractivity contribution in [1.82, 2.24) is 10.2 Å². The van der Waals surface area contributed by atoms with Gasteiger partial charge in [-0.25, -0.2) is 0 Å². The van der Waals surface area contributed by atoms with Gasteiger partial charge in [0.25, 0.3) is 0 Å². The number of anilines is 1. The fourth-order valence-corrected chi connectivity index (χ4v) is 3.01. The van der Waals surface area contributed by atoms with Gasteiger partial charge in [-0.15, -0.1) is 0 Å². The Balaban J connectivity index is 1.86. The number of carbonyl (C=O) groups excluding carboxylic acids is 1. The number of nitrogens with zero attached hydrogens (tertiary/aromatic N) is 2. The lowest BCUT2D eigenvalue weighted by atomic mass is 10.1. The second-order valence-electron chi connectivity index (χ2n) is 6.39. The van der Waals surface area contributed by atoms with E-state index in [4.69, 9.17) is 0 Å². The molecule has 1 saturated heterocycles. The van der Waals surface area contributed by atoms with Gasteiger partial charge < -0.3 is 10.2 Å². The molecule has 1 fully saturated rings. The van der Waals surface area contributed by atoms with E-state index in [2.05, 4.69) is 5.32 Å². The number of halogens is 3. The van der Waals surface area contributed by atoms with E-state index in [0.29, 0.717) is 38.4 Å². The molecule has 0 bridgehead atoms. The molecule has 0 aromatic heterocycles. The van der Waals surface area contributed by atoms with Gasteiger partial charge in [0.1, 0.15) is 0 Å². The van der Waals surface area contributed by atoms with Crippen LogP contribution >= 0.6 is 0 Å². The molecule has 0 aliphatic carbocycles. The zero-order chi connectivity index (χ0) is 18.4. The first kappa shape index (κ1) is 19.6. The molecule has 1 aliphatic heterocycles. The molecule has 0 saturated carbocycles. The summed E-state index contributed by atoms with van der Waals surface area (Å²) in [6.07, 6.45) is -2.51. The van der Waals surface area contributed by atoms with E-state index in [0.717, 1.165) is 18.9 Å². The van der Waals surface area contributed by atoms with Crippen molar-refractivity contribution in [3.63, 3.8) is 0 Å². The molecular formula is C18H26F3N3O. The first-order chi connectivity index (χ1) is 11.8. The molecule has 1 aromatic carbocycles. The largest absolute Gasteiger partial charge is 0.416 e. The Labute approximate surface area is 147 Å². The van der Waals surface area contributed by atoms with Crippen LogP contribution in [0.3, 0.4) is 0 Å². The Bertz CT molecular complexity index is 565. The lowest BCUT2D eigenvalue weighted by molar-refractivity contribution is -0.137. The molecule has 2 rings (SSSR count). The summed E-state index contributed by atoms with van der Waals surface area (Å²) in [5, 5.41) is 3.01. The second-order valence-corrected chi connectivity index (χ2v) is 6.39. The summed E-state index contributed by atoms with van der Waals surface area (Å²) < 4.78 is 38.5. The van der Waals surface area contributed by atoms with Gasteiger partial charge in [-0.1, -0.05) is 19.9 Å². The molecule has 1 aliphatic rings. The third-order valence-electron chi connectivity index (χ3n) is 4.63. The van der Waals surface area contributed by atoms with E-state index in [1.54, 1.807) is 6.07 Å². The third-order valence-corrected chi connectivity index (χ3v) is 4.63. The molecular weight excluding hydrogens is 331 g/mol. The maximum atomic E-state index is 12.8. The van der Waals surface area contributed by atoms with Crippen molar-refractivity contribution in [2.24, 2.45) is 0 Å². The monoisotopic (exact) mass is 357 g/mol. The Morgan fingerprint density at radius 2 is 1.80 bits per heavy atom. The molecule has 7 heteroatoms. The highest BCUT2D eigenvalue weighted by Gasteiger charge is 2.31. The zero-order valence-electron chi connectivity index (χ0n) is 14.8. The van der Waals surface area contributed by atoms with Crippen molar-refractivity contribution in [3.05, 3.63) is 29.8 Å². The summed E-state index contributed by atoms with van der Waals surface area (Å²) in [5.74, 6) is 0.0150. The van der Waals surface area contributed by atoms with Crippen molar-refractivity contribution in [2.45, 2.75) is 38.9 Å². The van der Waals surface area contributed by atoms with E-state index in [9.17, 15) is 18.0 Å². The van der Waals surface area contributed by atoms with Crippen molar-refractivity contribution in [1.29, 1.82) is 0 Å². The van der Waals surface area contributed by atoms with Crippen LogP contribution in [0.15, 0.2) is 24.3 Å². The van der Waals surface area contributed by atoms with Gasteiger partial charge in [0.2, 0.25) is 5.91 Å². The van der Waals surface area contributed by atoms with Crippen molar-refractivity contribution in [3.8, 4) is 0 Å². The van der Waals surface area contributed by atoms with E-state index in [1.807, 2.05) is 23.6 Å². The normalized spacial score (nSPS) is 16.3. The second kappa shape index (κ2) is 8.56. The van der Waals surface area contributed by atoms with E-state index < -0.39 is 11.7 Å². The first-order valence-corrected chi connectivity index (χ1v) is 8.77. The van der Waals surface area contributed by atoms with Gasteiger partial charge in [-0.05, 0) is 31.0 Å². The predicted octanol–water partition coefficient (Wildman–Crippen LogP) is 3.13. The van der Waals surface area contributed by atoms with Gasteiger partial charge in [0.05, 0.1) is 12.1 Å². The van der Waals surface area contributed by atoms with Gasteiger partial charge in [0.15, 0.2) is 0 Å². The number of amides is 1. The van der Waals surface area contributed by atoms with Gasteiger partial charge in [-0.3, -0.25) is 9.69 Å². The highest BCUT2D eigenvalue weighted by atomic mass is 19.4. The topological polar surface area (TPSA) is 35.6 Å². The van der Waals surface area contributed by atoms with Crippen LogP contribution < -0.4 is 10.2 Å². The van der Waals surface area contributed by atoms with Crippen LogP contribution in [0.4, 0.5) is 18.9 Å². The number of hydrogen-bond donors (Lipinski definition) is 1.